The molecule has 0 amide bonds. The predicted octanol–water partition coefficient (Wildman–Crippen LogP) is 3.10. The van der Waals surface area contributed by atoms with Gasteiger partial charge in [-0.25, -0.2) is 4.39 Å². The van der Waals surface area contributed by atoms with Gasteiger partial charge in [-0.05, 0) is 32.3 Å². The van der Waals surface area contributed by atoms with Gasteiger partial charge in [-0.15, -0.1) is 11.3 Å². The molecule has 0 fully saturated rings. The first-order valence-corrected chi connectivity index (χ1v) is 5.30. The fraction of sp³-hybridized carbons (Fsp3) is 0.273. The third-order valence-corrected chi connectivity index (χ3v) is 3.12. The Labute approximate surface area is 86.8 Å². The normalized spacial score (nSPS) is 11.4. The van der Waals surface area contributed by atoms with E-state index in [1.807, 2.05) is 26.2 Å². The average Bonchev–Trinajstić information content (AvgIpc) is 2.47. The van der Waals surface area contributed by atoms with E-state index in [9.17, 15) is 4.39 Å². The maximum atomic E-state index is 13.3. The van der Waals surface area contributed by atoms with E-state index in [0.29, 0.717) is 0 Å². The second-order valence-corrected chi connectivity index (χ2v) is 4.77. The summed E-state index contributed by atoms with van der Waals surface area (Å²) in [4.78, 5) is 3.29. The van der Waals surface area contributed by atoms with Crippen molar-refractivity contribution in [1.29, 1.82) is 0 Å². The molecule has 14 heavy (non-hydrogen) atoms. The zero-order valence-electron chi connectivity index (χ0n) is 8.25. The average molecular weight is 209 g/mol. The summed E-state index contributed by atoms with van der Waals surface area (Å²) < 4.78 is 14.4. The lowest BCUT2D eigenvalue weighted by atomic mass is 10.2. The van der Waals surface area contributed by atoms with Crippen molar-refractivity contribution >= 4 is 21.4 Å². The van der Waals surface area contributed by atoms with E-state index in [2.05, 4.69) is 4.90 Å². The molecule has 0 aliphatic heterocycles. The third-order valence-electron chi connectivity index (χ3n) is 2.03. The molecule has 1 aromatic heterocycles. The van der Waals surface area contributed by atoms with Crippen LogP contribution in [0.3, 0.4) is 0 Å². The lowest BCUT2D eigenvalue weighted by Gasteiger charge is -2.05. The monoisotopic (exact) mass is 209 g/mol. The number of nitrogens with zero attached hydrogens (tertiary/aromatic N) is 1. The maximum absolute atomic E-state index is 13.3. The Kier molecular flexibility index (Phi) is 2.52. The summed E-state index contributed by atoms with van der Waals surface area (Å²) in [6, 6.07) is 7.17. The number of benzene rings is 1. The second-order valence-electron chi connectivity index (χ2n) is 3.60. The van der Waals surface area contributed by atoms with Crippen molar-refractivity contribution in [1.82, 2.24) is 4.90 Å². The van der Waals surface area contributed by atoms with Gasteiger partial charge in [0.15, 0.2) is 0 Å². The highest BCUT2D eigenvalue weighted by Crippen LogP contribution is 2.27. The van der Waals surface area contributed by atoms with Crippen molar-refractivity contribution < 1.29 is 4.39 Å². The zero-order chi connectivity index (χ0) is 10.1. The Morgan fingerprint density at radius 3 is 2.79 bits per heavy atom. The van der Waals surface area contributed by atoms with Crippen molar-refractivity contribution in [2.75, 3.05) is 14.1 Å². The van der Waals surface area contributed by atoms with Crippen LogP contribution in [0.2, 0.25) is 0 Å². The van der Waals surface area contributed by atoms with Crippen LogP contribution in [0.15, 0.2) is 24.3 Å². The van der Waals surface area contributed by atoms with Crippen LogP contribution in [-0.4, -0.2) is 19.0 Å². The van der Waals surface area contributed by atoms with E-state index < -0.39 is 0 Å². The zero-order valence-corrected chi connectivity index (χ0v) is 9.07. The lowest BCUT2D eigenvalue weighted by Crippen LogP contribution is -2.09. The number of halogens is 1. The van der Waals surface area contributed by atoms with Crippen LogP contribution < -0.4 is 0 Å². The van der Waals surface area contributed by atoms with Crippen LogP contribution >= 0.6 is 11.3 Å². The quantitative estimate of drug-likeness (QED) is 0.734. The van der Waals surface area contributed by atoms with Crippen molar-refractivity contribution in [3.8, 4) is 0 Å². The molecule has 1 heterocycles. The Hall–Kier alpha value is -0.930. The van der Waals surface area contributed by atoms with Gasteiger partial charge in [0.2, 0.25) is 0 Å². The van der Waals surface area contributed by atoms with Crippen LogP contribution in [0.4, 0.5) is 4.39 Å². The van der Waals surface area contributed by atoms with E-state index in [-0.39, 0.29) is 5.82 Å². The summed E-state index contributed by atoms with van der Waals surface area (Å²) in [5.41, 5.74) is 0. The molecule has 3 heteroatoms. The SMILES string of the molecule is CN(C)Cc1cc2c(F)cccc2s1. The molecule has 0 saturated heterocycles. The molecule has 0 saturated carbocycles. The van der Waals surface area contributed by atoms with Gasteiger partial charge in [-0.1, -0.05) is 6.07 Å². The molecule has 1 aromatic carbocycles. The summed E-state index contributed by atoms with van der Waals surface area (Å²) >= 11 is 1.66. The van der Waals surface area contributed by atoms with Gasteiger partial charge in [0.1, 0.15) is 5.82 Å². The molecule has 0 N–H and O–H groups in total. The van der Waals surface area contributed by atoms with Crippen LogP contribution in [0, 0.1) is 5.82 Å². The largest absolute Gasteiger partial charge is 0.304 e. The number of thiophene rings is 1. The van der Waals surface area contributed by atoms with E-state index in [1.165, 1.54) is 10.9 Å². The van der Waals surface area contributed by atoms with Crippen LogP contribution in [-0.2, 0) is 6.54 Å². The van der Waals surface area contributed by atoms with Gasteiger partial charge in [0.25, 0.3) is 0 Å². The minimum Gasteiger partial charge on any atom is -0.304 e. The summed E-state index contributed by atoms with van der Waals surface area (Å²) in [5, 5.41) is 0.745. The highest BCUT2D eigenvalue weighted by Gasteiger charge is 2.05. The maximum Gasteiger partial charge on any atom is 0.131 e. The van der Waals surface area contributed by atoms with Crippen molar-refractivity contribution in [2.24, 2.45) is 0 Å². The summed E-state index contributed by atoms with van der Waals surface area (Å²) in [5.74, 6) is -0.122. The van der Waals surface area contributed by atoms with Crippen molar-refractivity contribution in [2.45, 2.75) is 6.54 Å². The standard InChI is InChI=1S/C11H12FNS/c1-13(2)7-8-6-9-10(12)4-3-5-11(9)14-8/h3-6H,7H2,1-2H3. The Bertz CT molecular complexity index is 447. The third kappa shape index (κ3) is 1.79. The first kappa shape index (κ1) is 9.62. The first-order chi connectivity index (χ1) is 6.66. The van der Waals surface area contributed by atoms with Crippen molar-refractivity contribution in [3.05, 3.63) is 35.0 Å². The molecule has 2 aromatic rings. The highest BCUT2D eigenvalue weighted by atomic mass is 32.1. The minimum absolute atomic E-state index is 0.122. The predicted molar refractivity (Wildman–Crippen MR) is 59.2 cm³/mol. The van der Waals surface area contributed by atoms with Gasteiger partial charge >= 0.3 is 0 Å². The number of fused-ring (bicyclic) bond motifs is 1. The fourth-order valence-corrected chi connectivity index (χ4v) is 2.66. The molecule has 0 atom stereocenters. The molecule has 0 spiro atoms. The Morgan fingerprint density at radius 2 is 2.14 bits per heavy atom. The molecular weight excluding hydrogens is 197 g/mol. The topological polar surface area (TPSA) is 3.24 Å². The van der Waals surface area contributed by atoms with Gasteiger partial charge in [-0.2, -0.15) is 0 Å². The first-order valence-electron chi connectivity index (χ1n) is 4.48. The second kappa shape index (κ2) is 3.67. The van der Waals surface area contributed by atoms with E-state index >= 15 is 0 Å². The van der Waals surface area contributed by atoms with Crippen LogP contribution in [0.1, 0.15) is 4.88 Å². The molecule has 74 valence electrons. The summed E-state index contributed by atoms with van der Waals surface area (Å²) in [6.07, 6.45) is 0. The Morgan fingerprint density at radius 1 is 1.36 bits per heavy atom. The molecule has 2 rings (SSSR count). The molecular formula is C11H12FNS. The van der Waals surface area contributed by atoms with Gasteiger partial charge in [0.05, 0.1) is 0 Å². The van der Waals surface area contributed by atoms with E-state index in [1.54, 1.807) is 17.4 Å². The van der Waals surface area contributed by atoms with Gasteiger partial charge < -0.3 is 4.90 Å². The smallest absolute Gasteiger partial charge is 0.131 e. The summed E-state index contributed by atoms with van der Waals surface area (Å²) in [6.45, 7) is 0.874. The molecule has 1 nitrogen and oxygen atoms in total. The van der Waals surface area contributed by atoms with Gasteiger partial charge in [-0.3, -0.25) is 0 Å². The lowest BCUT2D eigenvalue weighted by molar-refractivity contribution is 0.406. The fourth-order valence-electron chi connectivity index (χ4n) is 1.47. The molecule has 0 bridgehead atoms. The number of hydrogen-bond donors (Lipinski definition) is 0. The Balaban J connectivity index is 2.46. The van der Waals surface area contributed by atoms with Crippen molar-refractivity contribution in [3.63, 3.8) is 0 Å². The summed E-state index contributed by atoms with van der Waals surface area (Å²) in [7, 11) is 4.03. The number of rotatable bonds is 2. The van der Waals surface area contributed by atoms with Crippen LogP contribution in [0.5, 0.6) is 0 Å². The van der Waals surface area contributed by atoms with E-state index in [4.69, 9.17) is 0 Å². The molecule has 0 radical (unpaired) electrons. The highest BCUT2D eigenvalue weighted by molar-refractivity contribution is 7.19. The van der Waals surface area contributed by atoms with Gasteiger partial charge in [0, 0.05) is 21.5 Å². The number of hydrogen-bond acceptors (Lipinski definition) is 2. The molecule has 0 aliphatic rings. The minimum atomic E-state index is -0.122. The van der Waals surface area contributed by atoms with E-state index in [0.717, 1.165) is 16.6 Å². The molecule has 0 unspecified atom stereocenters. The van der Waals surface area contributed by atoms with Crippen LogP contribution in [0.25, 0.3) is 10.1 Å². The molecule has 0 aliphatic carbocycles.